The smallest absolute Gasteiger partial charge is 0.256 e. The van der Waals surface area contributed by atoms with Crippen molar-refractivity contribution in [3.05, 3.63) is 105 Å². The summed E-state index contributed by atoms with van der Waals surface area (Å²) in [6.07, 6.45) is 0. The fourth-order valence-electron chi connectivity index (χ4n) is 3.63. The molecule has 1 heterocycles. The van der Waals surface area contributed by atoms with Gasteiger partial charge in [0, 0.05) is 17.8 Å². The highest BCUT2D eigenvalue weighted by atomic mass is 35.5. The van der Waals surface area contributed by atoms with Gasteiger partial charge in [-0.1, -0.05) is 48.0 Å². The summed E-state index contributed by atoms with van der Waals surface area (Å²) in [4.78, 5) is 26.2. The number of anilines is 2. The quantitative estimate of drug-likeness (QED) is 0.410. The molecule has 6 heteroatoms. The van der Waals surface area contributed by atoms with E-state index in [2.05, 4.69) is 10.6 Å². The van der Waals surface area contributed by atoms with Crippen molar-refractivity contribution in [2.75, 3.05) is 10.6 Å². The van der Waals surface area contributed by atoms with Crippen LogP contribution in [0.1, 0.15) is 16.7 Å². The standard InChI is InChI=1S/C26H24ClN3O2/c1-17-9-11-23(22(27)12-17)29-25(31)16-30-24-13-18(2)8-10-19(24)14-20(26(30)32)15-28-21-6-4-3-5-7-21/h3-14,28H,15-16H2,1-2H3,(H,29,31). The van der Waals surface area contributed by atoms with E-state index in [0.29, 0.717) is 22.8 Å². The first-order valence-electron chi connectivity index (χ1n) is 10.4. The third-order valence-corrected chi connectivity index (χ3v) is 5.60. The van der Waals surface area contributed by atoms with Gasteiger partial charge in [-0.05, 0) is 66.8 Å². The Labute approximate surface area is 191 Å². The van der Waals surface area contributed by atoms with Crippen molar-refractivity contribution >= 4 is 39.8 Å². The topological polar surface area (TPSA) is 63.1 Å². The van der Waals surface area contributed by atoms with Crippen molar-refractivity contribution in [1.82, 2.24) is 4.57 Å². The molecule has 0 unspecified atom stereocenters. The zero-order chi connectivity index (χ0) is 22.7. The van der Waals surface area contributed by atoms with Crippen LogP contribution in [0.3, 0.4) is 0 Å². The van der Waals surface area contributed by atoms with Crippen molar-refractivity contribution in [3.63, 3.8) is 0 Å². The number of nitrogens with zero attached hydrogens (tertiary/aromatic N) is 1. The molecule has 0 saturated carbocycles. The van der Waals surface area contributed by atoms with Crippen LogP contribution in [0.25, 0.3) is 10.9 Å². The van der Waals surface area contributed by atoms with Crippen molar-refractivity contribution in [2.45, 2.75) is 26.9 Å². The number of aromatic nitrogens is 1. The lowest BCUT2D eigenvalue weighted by molar-refractivity contribution is -0.116. The predicted molar refractivity (Wildman–Crippen MR) is 132 cm³/mol. The molecule has 0 radical (unpaired) electrons. The maximum Gasteiger partial charge on any atom is 0.256 e. The maximum absolute atomic E-state index is 13.3. The number of pyridine rings is 1. The van der Waals surface area contributed by atoms with Crippen LogP contribution in [0.15, 0.2) is 77.6 Å². The largest absolute Gasteiger partial charge is 0.381 e. The average molecular weight is 446 g/mol. The van der Waals surface area contributed by atoms with Crippen LogP contribution in [0.4, 0.5) is 11.4 Å². The number of hydrogen-bond acceptors (Lipinski definition) is 3. The summed E-state index contributed by atoms with van der Waals surface area (Å²) in [5, 5.41) is 7.47. The molecular formula is C26H24ClN3O2. The van der Waals surface area contributed by atoms with Crippen molar-refractivity contribution in [1.29, 1.82) is 0 Å². The number of benzene rings is 3. The highest BCUT2D eigenvalue weighted by Gasteiger charge is 2.14. The zero-order valence-electron chi connectivity index (χ0n) is 18.0. The van der Waals surface area contributed by atoms with Gasteiger partial charge in [-0.15, -0.1) is 0 Å². The lowest BCUT2D eigenvalue weighted by Crippen LogP contribution is -2.30. The number of carbonyl (C=O) groups is 1. The second kappa shape index (κ2) is 9.28. The Bertz CT molecular complexity index is 1350. The van der Waals surface area contributed by atoms with Gasteiger partial charge in [0.15, 0.2) is 0 Å². The van der Waals surface area contributed by atoms with Gasteiger partial charge < -0.3 is 10.6 Å². The number of nitrogens with one attached hydrogen (secondary N) is 2. The third-order valence-electron chi connectivity index (χ3n) is 5.28. The van der Waals surface area contributed by atoms with Crippen molar-refractivity contribution in [3.8, 4) is 0 Å². The maximum atomic E-state index is 13.3. The van der Waals surface area contributed by atoms with Gasteiger partial charge in [-0.2, -0.15) is 0 Å². The van der Waals surface area contributed by atoms with Gasteiger partial charge >= 0.3 is 0 Å². The molecule has 2 N–H and O–H groups in total. The van der Waals surface area contributed by atoms with Crippen LogP contribution in [0.2, 0.25) is 5.02 Å². The summed E-state index contributed by atoms with van der Waals surface area (Å²) in [5.74, 6) is -0.311. The number of amides is 1. The first-order chi connectivity index (χ1) is 15.4. The van der Waals surface area contributed by atoms with Crippen molar-refractivity contribution in [2.24, 2.45) is 0 Å². The number of halogens is 1. The van der Waals surface area contributed by atoms with Gasteiger partial charge in [-0.25, -0.2) is 0 Å². The van der Waals surface area contributed by atoms with E-state index in [9.17, 15) is 9.59 Å². The van der Waals surface area contributed by atoms with Gasteiger partial charge in [0.1, 0.15) is 6.54 Å². The van der Waals surface area contributed by atoms with Crippen LogP contribution in [-0.2, 0) is 17.9 Å². The Morgan fingerprint density at radius 2 is 1.66 bits per heavy atom. The molecule has 5 nitrogen and oxygen atoms in total. The van der Waals surface area contributed by atoms with Crippen LogP contribution in [-0.4, -0.2) is 10.5 Å². The SMILES string of the molecule is Cc1ccc(NC(=O)Cn2c(=O)c(CNc3ccccc3)cc3ccc(C)cc32)c(Cl)c1. The molecule has 4 aromatic rings. The summed E-state index contributed by atoms with van der Waals surface area (Å²) in [6, 6.07) is 22.9. The predicted octanol–water partition coefficient (Wildman–Crippen LogP) is 5.52. The minimum Gasteiger partial charge on any atom is -0.381 e. The van der Waals surface area contributed by atoms with E-state index in [1.165, 1.54) is 4.57 Å². The first kappa shape index (κ1) is 21.7. The van der Waals surface area contributed by atoms with Crippen LogP contribution < -0.4 is 16.2 Å². The number of aryl methyl sites for hydroxylation is 2. The van der Waals surface area contributed by atoms with E-state index >= 15 is 0 Å². The molecule has 0 aliphatic carbocycles. The van der Waals surface area contributed by atoms with Crippen LogP contribution >= 0.6 is 11.6 Å². The highest BCUT2D eigenvalue weighted by molar-refractivity contribution is 6.33. The number of fused-ring (bicyclic) bond motifs is 1. The van der Waals surface area contributed by atoms with E-state index in [0.717, 1.165) is 27.7 Å². The van der Waals surface area contributed by atoms with Crippen LogP contribution in [0.5, 0.6) is 0 Å². The monoisotopic (exact) mass is 445 g/mol. The molecular weight excluding hydrogens is 422 g/mol. The fraction of sp³-hybridized carbons (Fsp3) is 0.154. The van der Waals surface area contributed by atoms with E-state index in [4.69, 9.17) is 11.6 Å². The van der Waals surface area contributed by atoms with Gasteiger partial charge in [-0.3, -0.25) is 14.2 Å². The first-order valence-corrected chi connectivity index (χ1v) is 10.8. The molecule has 0 aliphatic rings. The van der Waals surface area contributed by atoms with Gasteiger partial charge in [0.2, 0.25) is 5.91 Å². The lowest BCUT2D eigenvalue weighted by Gasteiger charge is -2.15. The normalized spacial score (nSPS) is 10.8. The number of hydrogen-bond donors (Lipinski definition) is 2. The summed E-state index contributed by atoms with van der Waals surface area (Å²) in [6.45, 7) is 4.14. The zero-order valence-corrected chi connectivity index (χ0v) is 18.7. The Morgan fingerprint density at radius 1 is 0.938 bits per heavy atom. The molecule has 4 rings (SSSR count). The minimum absolute atomic E-state index is 0.109. The average Bonchev–Trinajstić information content (AvgIpc) is 2.77. The second-order valence-electron chi connectivity index (χ2n) is 7.87. The minimum atomic E-state index is -0.311. The molecule has 162 valence electrons. The molecule has 0 fully saturated rings. The number of para-hydroxylation sites is 1. The van der Waals surface area contributed by atoms with Crippen molar-refractivity contribution < 1.29 is 4.79 Å². The summed E-state index contributed by atoms with van der Waals surface area (Å²) in [7, 11) is 0. The van der Waals surface area contributed by atoms with E-state index in [1.807, 2.05) is 74.5 Å². The third kappa shape index (κ3) is 4.84. The molecule has 0 aliphatic heterocycles. The Kier molecular flexibility index (Phi) is 6.28. The molecule has 0 saturated heterocycles. The molecule has 0 spiro atoms. The summed E-state index contributed by atoms with van der Waals surface area (Å²) < 4.78 is 1.53. The Morgan fingerprint density at radius 3 is 2.41 bits per heavy atom. The second-order valence-corrected chi connectivity index (χ2v) is 8.28. The van der Waals surface area contributed by atoms with Gasteiger partial charge in [0.25, 0.3) is 5.56 Å². The molecule has 3 aromatic carbocycles. The molecule has 0 atom stereocenters. The molecule has 32 heavy (non-hydrogen) atoms. The van der Waals surface area contributed by atoms with Crippen LogP contribution in [0, 0.1) is 13.8 Å². The number of carbonyl (C=O) groups excluding carboxylic acids is 1. The highest BCUT2D eigenvalue weighted by Crippen LogP contribution is 2.23. The van der Waals surface area contributed by atoms with E-state index < -0.39 is 0 Å². The Hall–Kier alpha value is -3.57. The van der Waals surface area contributed by atoms with Gasteiger partial charge in [0.05, 0.1) is 16.2 Å². The summed E-state index contributed by atoms with van der Waals surface area (Å²) >= 11 is 6.26. The molecule has 1 amide bonds. The lowest BCUT2D eigenvalue weighted by atomic mass is 10.1. The van der Waals surface area contributed by atoms with E-state index in [-0.39, 0.29) is 18.0 Å². The number of rotatable bonds is 6. The fourth-order valence-corrected chi connectivity index (χ4v) is 3.92. The summed E-state index contributed by atoms with van der Waals surface area (Å²) in [5.41, 5.74) is 4.59. The molecule has 0 bridgehead atoms. The van der Waals surface area contributed by atoms with E-state index in [1.54, 1.807) is 12.1 Å². The molecule has 1 aromatic heterocycles. The Balaban J connectivity index is 1.66.